The first kappa shape index (κ1) is 18.1. The largest absolute Gasteiger partial charge is 0.285 e. The average molecular weight is 355 g/mol. The summed E-state index contributed by atoms with van der Waals surface area (Å²) in [5.41, 5.74) is 10.1. The number of nitrogens with zero attached hydrogens (tertiary/aromatic N) is 2. The van der Waals surface area contributed by atoms with Crippen molar-refractivity contribution >= 4 is 23.4 Å². The number of hydrazine groups is 1. The number of hydrazone groups is 1. The van der Waals surface area contributed by atoms with Crippen LogP contribution in [0.2, 0.25) is 0 Å². The zero-order chi connectivity index (χ0) is 18.4. The second kappa shape index (κ2) is 8.60. The fourth-order valence-electron chi connectivity index (χ4n) is 3.08. The highest BCUT2D eigenvalue weighted by atomic mass is 16.2. The molecule has 0 saturated heterocycles. The summed E-state index contributed by atoms with van der Waals surface area (Å²) in [6.45, 7) is 2.23. The van der Waals surface area contributed by atoms with Crippen LogP contribution in [0.15, 0.2) is 40.4 Å². The van der Waals surface area contributed by atoms with E-state index in [-0.39, 0.29) is 18.2 Å². The molecule has 2 amide bonds. The van der Waals surface area contributed by atoms with E-state index in [0.717, 1.165) is 42.9 Å². The van der Waals surface area contributed by atoms with Gasteiger partial charge in [0.2, 0.25) is 5.91 Å². The van der Waals surface area contributed by atoms with Crippen LogP contribution >= 0.6 is 0 Å². The molecular formula is C19H25N5O2. The molecule has 1 aliphatic carbocycles. The maximum Gasteiger partial charge on any atom is 0.263 e. The van der Waals surface area contributed by atoms with Crippen LogP contribution in [0, 0.1) is 5.92 Å². The first-order valence-corrected chi connectivity index (χ1v) is 9.11. The number of hydrogen-bond donors (Lipinski definition) is 3. The summed E-state index contributed by atoms with van der Waals surface area (Å²) in [5.74, 6) is 0.763. The quantitative estimate of drug-likeness (QED) is 0.702. The number of hydrogen-bond acceptors (Lipinski definition) is 5. The van der Waals surface area contributed by atoms with Gasteiger partial charge in [0.1, 0.15) is 11.9 Å². The molecule has 0 aromatic heterocycles. The zero-order valence-electron chi connectivity index (χ0n) is 15.0. The Kier molecular flexibility index (Phi) is 5.99. The number of aliphatic imine (C=N–C) groups is 1. The summed E-state index contributed by atoms with van der Waals surface area (Å²) in [6.07, 6.45) is 4.62. The lowest BCUT2D eigenvalue weighted by Gasteiger charge is -2.22. The number of carbonyl (C=O) groups is 2. The molecule has 3 N–H and O–H groups in total. The smallest absolute Gasteiger partial charge is 0.263 e. The summed E-state index contributed by atoms with van der Waals surface area (Å²) in [5, 5.41) is 4.22. The topological polar surface area (TPSA) is 94.9 Å². The molecule has 138 valence electrons. The van der Waals surface area contributed by atoms with Gasteiger partial charge < -0.3 is 0 Å². The standard InChI is InChI=1S/C19H25N5O2/c1-13-7-9-15(10-8-13)21-23-18(25)12-16-19(26)24-22-17(20-16)11-14-5-3-2-4-6-14/h2-6,13,16H,7-12H2,1H3,(H,20,22)(H,23,25)(H,24,26)/t13?,16-/m1/s1. The van der Waals surface area contributed by atoms with Crippen molar-refractivity contribution in [3.63, 3.8) is 0 Å². The van der Waals surface area contributed by atoms with E-state index in [1.165, 1.54) is 0 Å². The Morgan fingerprint density at radius 3 is 2.69 bits per heavy atom. The van der Waals surface area contributed by atoms with Gasteiger partial charge in [-0.1, -0.05) is 37.3 Å². The van der Waals surface area contributed by atoms with Gasteiger partial charge in [-0.25, -0.2) is 5.43 Å². The Morgan fingerprint density at radius 2 is 1.96 bits per heavy atom. The molecular weight excluding hydrogens is 330 g/mol. The van der Waals surface area contributed by atoms with E-state index in [9.17, 15) is 9.59 Å². The van der Waals surface area contributed by atoms with Crippen molar-refractivity contribution in [3.05, 3.63) is 35.9 Å². The molecule has 0 unspecified atom stereocenters. The molecule has 26 heavy (non-hydrogen) atoms. The van der Waals surface area contributed by atoms with Crippen molar-refractivity contribution in [3.8, 4) is 0 Å². The lowest BCUT2D eigenvalue weighted by atomic mass is 9.90. The van der Waals surface area contributed by atoms with Crippen LogP contribution in [0.4, 0.5) is 0 Å². The molecule has 1 fully saturated rings. The normalized spacial score (nSPS) is 22.7. The summed E-state index contributed by atoms with van der Waals surface area (Å²) in [6, 6.07) is 9.10. The molecule has 1 aliphatic heterocycles. The van der Waals surface area contributed by atoms with E-state index in [1.54, 1.807) is 0 Å². The van der Waals surface area contributed by atoms with Crippen LogP contribution in [0.1, 0.15) is 44.6 Å². The number of nitrogens with one attached hydrogen (secondary N) is 3. The number of carbonyl (C=O) groups excluding carboxylic acids is 2. The van der Waals surface area contributed by atoms with Crippen molar-refractivity contribution in [1.29, 1.82) is 0 Å². The summed E-state index contributed by atoms with van der Waals surface area (Å²) in [4.78, 5) is 28.5. The third-order valence-corrected chi connectivity index (χ3v) is 4.73. The van der Waals surface area contributed by atoms with Gasteiger partial charge in [-0.2, -0.15) is 5.10 Å². The molecule has 1 aromatic rings. The number of amidine groups is 1. The summed E-state index contributed by atoms with van der Waals surface area (Å²) >= 11 is 0. The van der Waals surface area contributed by atoms with E-state index in [4.69, 9.17) is 0 Å². The maximum absolute atomic E-state index is 12.1. The van der Waals surface area contributed by atoms with Gasteiger partial charge in [0, 0.05) is 12.1 Å². The predicted octanol–water partition coefficient (Wildman–Crippen LogP) is 1.70. The third kappa shape index (κ3) is 5.15. The first-order valence-electron chi connectivity index (χ1n) is 9.11. The van der Waals surface area contributed by atoms with E-state index in [0.29, 0.717) is 12.3 Å². The number of amides is 2. The van der Waals surface area contributed by atoms with Gasteiger partial charge in [-0.3, -0.25) is 25.4 Å². The highest BCUT2D eigenvalue weighted by Crippen LogP contribution is 2.21. The predicted molar refractivity (Wildman–Crippen MR) is 100 cm³/mol. The molecule has 0 bridgehead atoms. The minimum absolute atomic E-state index is 0.0149. The minimum Gasteiger partial charge on any atom is -0.285 e. The van der Waals surface area contributed by atoms with Crippen LogP contribution in [0.25, 0.3) is 0 Å². The van der Waals surface area contributed by atoms with Gasteiger partial charge in [-0.05, 0) is 37.2 Å². The number of benzene rings is 1. The van der Waals surface area contributed by atoms with Crippen LogP contribution in [-0.4, -0.2) is 29.4 Å². The Morgan fingerprint density at radius 1 is 1.23 bits per heavy atom. The summed E-state index contributed by atoms with van der Waals surface area (Å²) in [7, 11) is 0. The van der Waals surface area contributed by atoms with Crippen LogP contribution < -0.4 is 16.3 Å². The molecule has 0 radical (unpaired) electrons. The fraction of sp³-hybridized carbons (Fsp3) is 0.474. The van der Waals surface area contributed by atoms with Crippen molar-refractivity contribution in [2.45, 2.75) is 51.5 Å². The maximum atomic E-state index is 12.1. The molecule has 7 heteroatoms. The van der Waals surface area contributed by atoms with Crippen LogP contribution in [0.5, 0.6) is 0 Å². The van der Waals surface area contributed by atoms with Crippen molar-refractivity contribution in [2.24, 2.45) is 16.0 Å². The van der Waals surface area contributed by atoms with E-state index < -0.39 is 6.04 Å². The lowest BCUT2D eigenvalue weighted by molar-refractivity contribution is -0.128. The van der Waals surface area contributed by atoms with Gasteiger partial charge in [0.25, 0.3) is 5.91 Å². The third-order valence-electron chi connectivity index (χ3n) is 4.73. The van der Waals surface area contributed by atoms with Gasteiger partial charge in [-0.15, -0.1) is 0 Å². The highest BCUT2D eigenvalue weighted by Gasteiger charge is 2.25. The van der Waals surface area contributed by atoms with Crippen molar-refractivity contribution < 1.29 is 9.59 Å². The van der Waals surface area contributed by atoms with E-state index in [2.05, 4.69) is 33.3 Å². The second-order valence-corrected chi connectivity index (χ2v) is 6.97. The molecule has 1 saturated carbocycles. The molecule has 3 rings (SSSR count). The second-order valence-electron chi connectivity index (χ2n) is 6.97. The van der Waals surface area contributed by atoms with Crippen LogP contribution in [0.3, 0.4) is 0 Å². The van der Waals surface area contributed by atoms with Crippen molar-refractivity contribution in [1.82, 2.24) is 16.3 Å². The molecule has 0 spiro atoms. The summed E-state index contributed by atoms with van der Waals surface area (Å²) < 4.78 is 0. The lowest BCUT2D eigenvalue weighted by Crippen LogP contribution is -2.52. The van der Waals surface area contributed by atoms with Gasteiger partial charge in [0.05, 0.1) is 6.42 Å². The molecule has 1 aromatic carbocycles. The Balaban J connectivity index is 1.55. The van der Waals surface area contributed by atoms with Crippen LogP contribution in [-0.2, 0) is 16.0 Å². The monoisotopic (exact) mass is 355 g/mol. The molecule has 7 nitrogen and oxygen atoms in total. The Labute approximate surface area is 153 Å². The number of rotatable bonds is 5. The van der Waals surface area contributed by atoms with E-state index >= 15 is 0 Å². The van der Waals surface area contributed by atoms with E-state index in [1.807, 2.05) is 30.3 Å². The SMILES string of the molecule is CC1CCC(=NNC(=O)C[C@H]2N=C(Cc3ccccc3)NNC2=O)CC1. The first-order chi connectivity index (χ1) is 12.6. The Bertz CT molecular complexity index is 704. The fourth-order valence-corrected chi connectivity index (χ4v) is 3.08. The average Bonchev–Trinajstić information content (AvgIpc) is 2.65. The Hall–Kier alpha value is -2.70. The van der Waals surface area contributed by atoms with Gasteiger partial charge >= 0.3 is 0 Å². The zero-order valence-corrected chi connectivity index (χ0v) is 15.0. The molecule has 1 heterocycles. The van der Waals surface area contributed by atoms with Crippen molar-refractivity contribution in [2.75, 3.05) is 0 Å². The van der Waals surface area contributed by atoms with Gasteiger partial charge in [0.15, 0.2) is 0 Å². The minimum atomic E-state index is -0.735. The molecule has 1 atom stereocenters. The molecule has 2 aliphatic rings. The highest BCUT2D eigenvalue weighted by molar-refractivity contribution is 5.97.